The molecule has 0 amide bonds. The Labute approximate surface area is 150 Å². The van der Waals surface area contributed by atoms with Gasteiger partial charge in [-0.15, -0.1) is 0 Å². The van der Waals surface area contributed by atoms with Gasteiger partial charge in [0.25, 0.3) is 11.8 Å². The number of aromatic nitrogens is 4. The summed E-state index contributed by atoms with van der Waals surface area (Å²) in [6, 6.07) is 6.69. The third kappa shape index (κ3) is 3.32. The van der Waals surface area contributed by atoms with Crippen LogP contribution in [0.25, 0.3) is 0 Å². The summed E-state index contributed by atoms with van der Waals surface area (Å²) < 4.78 is 2.85. The summed E-state index contributed by atoms with van der Waals surface area (Å²) in [4.78, 5) is 34.0. The molecular weight excluding hydrogens is 332 g/mol. The van der Waals surface area contributed by atoms with E-state index in [0.29, 0.717) is 48.4 Å². The summed E-state index contributed by atoms with van der Waals surface area (Å²) in [6.45, 7) is 0.800. The molecule has 8 nitrogen and oxygen atoms in total. The van der Waals surface area contributed by atoms with Gasteiger partial charge in [0.1, 0.15) is 12.7 Å². The standard InChI is InChI=1S/C18H20N6O2/c19-7-5-13-9-21-11-23(13)17(25)15-3-1-2-4-16(15)18(26)24-12-22-10-14(24)6-8-20/h1-4,9-12H,5-8,19-20H2. The number of carbonyl (C=O) groups excluding carboxylic acids is 2. The largest absolute Gasteiger partial charge is 0.330 e. The topological polar surface area (TPSA) is 122 Å². The van der Waals surface area contributed by atoms with Crippen molar-refractivity contribution in [3.8, 4) is 0 Å². The minimum atomic E-state index is -0.324. The van der Waals surface area contributed by atoms with Crippen molar-refractivity contribution in [1.82, 2.24) is 19.1 Å². The first-order valence-corrected chi connectivity index (χ1v) is 8.28. The first-order valence-electron chi connectivity index (χ1n) is 8.28. The van der Waals surface area contributed by atoms with Gasteiger partial charge < -0.3 is 11.5 Å². The highest BCUT2D eigenvalue weighted by atomic mass is 16.2. The highest BCUT2D eigenvalue weighted by molar-refractivity contribution is 6.08. The molecule has 0 radical (unpaired) electrons. The number of nitrogens with two attached hydrogens (primary N) is 2. The third-order valence-corrected chi connectivity index (χ3v) is 4.06. The molecule has 3 rings (SSSR count). The van der Waals surface area contributed by atoms with E-state index in [2.05, 4.69) is 9.97 Å². The zero-order valence-corrected chi connectivity index (χ0v) is 14.2. The Morgan fingerprint density at radius 3 is 1.62 bits per heavy atom. The summed E-state index contributed by atoms with van der Waals surface area (Å²) in [6.07, 6.45) is 7.11. The molecule has 0 spiro atoms. The molecule has 0 aliphatic carbocycles. The molecule has 0 saturated heterocycles. The number of imidazole rings is 2. The Hall–Kier alpha value is -3.10. The predicted octanol–water partition coefficient (Wildman–Crippen LogP) is 0.459. The number of rotatable bonds is 6. The van der Waals surface area contributed by atoms with Gasteiger partial charge in [-0.05, 0) is 25.2 Å². The number of benzene rings is 1. The quantitative estimate of drug-likeness (QED) is 0.664. The number of hydrogen-bond donors (Lipinski definition) is 2. The van der Waals surface area contributed by atoms with Crippen LogP contribution in [0.1, 0.15) is 32.1 Å². The lowest BCUT2D eigenvalue weighted by Crippen LogP contribution is -2.22. The molecule has 2 heterocycles. The first-order chi connectivity index (χ1) is 12.7. The molecule has 2 aromatic heterocycles. The molecule has 4 N–H and O–H groups in total. The molecule has 0 atom stereocenters. The van der Waals surface area contributed by atoms with E-state index >= 15 is 0 Å². The average Bonchev–Trinajstić information content (AvgIpc) is 3.31. The van der Waals surface area contributed by atoms with Crippen molar-refractivity contribution < 1.29 is 9.59 Å². The molecule has 0 saturated carbocycles. The normalized spacial score (nSPS) is 10.8. The van der Waals surface area contributed by atoms with Gasteiger partial charge in [0.2, 0.25) is 0 Å². The molecule has 8 heteroatoms. The van der Waals surface area contributed by atoms with Crippen LogP contribution in [0.4, 0.5) is 0 Å². The Kier molecular flexibility index (Phi) is 5.35. The fraction of sp³-hybridized carbons (Fsp3) is 0.222. The van der Waals surface area contributed by atoms with Crippen LogP contribution in [-0.4, -0.2) is 44.0 Å². The molecule has 0 unspecified atom stereocenters. The average molecular weight is 352 g/mol. The van der Waals surface area contributed by atoms with Crippen molar-refractivity contribution in [3.05, 3.63) is 71.8 Å². The monoisotopic (exact) mass is 352 g/mol. The molecular formula is C18H20N6O2. The van der Waals surface area contributed by atoms with Gasteiger partial charge in [-0.25, -0.2) is 9.97 Å². The lowest BCUT2D eigenvalue weighted by Gasteiger charge is -2.12. The minimum absolute atomic E-state index is 0.293. The highest BCUT2D eigenvalue weighted by Gasteiger charge is 2.21. The van der Waals surface area contributed by atoms with E-state index in [9.17, 15) is 9.59 Å². The lowest BCUT2D eigenvalue weighted by molar-refractivity contribution is 0.0923. The van der Waals surface area contributed by atoms with Crippen LogP contribution in [0, 0.1) is 0 Å². The number of nitrogens with zero attached hydrogens (tertiary/aromatic N) is 4. The van der Waals surface area contributed by atoms with Crippen LogP contribution in [0.5, 0.6) is 0 Å². The van der Waals surface area contributed by atoms with Crippen molar-refractivity contribution in [2.45, 2.75) is 12.8 Å². The van der Waals surface area contributed by atoms with Crippen LogP contribution in [-0.2, 0) is 12.8 Å². The Balaban J connectivity index is 2.00. The van der Waals surface area contributed by atoms with Crippen LogP contribution < -0.4 is 11.5 Å². The van der Waals surface area contributed by atoms with E-state index in [4.69, 9.17) is 11.5 Å². The smallest absolute Gasteiger partial charge is 0.264 e. The van der Waals surface area contributed by atoms with Gasteiger partial charge in [-0.1, -0.05) is 12.1 Å². The fourth-order valence-electron chi connectivity index (χ4n) is 2.79. The summed E-state index contributed by atoms with van der Waals surface area (Å²) >= 11 is 0. The van der Waals surface area contributed by atoms with Crippen molar-refractivity contribution in [1.29, 1.82) is 0 Å². The van der Waals surface area contributed by atoms with Crippen molar-refractivity contribution in [2.24, 2.45) is 11.5 Å². The van der Waals surface area contributed by atoms with Crippen LogP contribution in [0.3, 0.4) is 0 Å². The van der Waals surface area contributed by atoms with Gasteiger partial charge in [-0.3, -0.25) is 18.7 Å². The zero-order chi connectivity index (χ0) is 18.5. The SMILES string of the molecule is NCCc1cncn1C(=O)c1ccccc1C(=O)n1cncc1CCN. The van der Waals surface area contributed by atoms with E-state index < -0.39 is 0 Å². The van der Waals surface area contributed by atoms with E-state index in [1.165, 1.54) is 21.8 Å². The summed E-state index contributed by atoms with van der Waals surface area (Å²) in [5.41, 5.74) is 13.2. The second-order valence-electron chi connectivity index (χ2n) is 5.74. The maximum Gasteiger partial charge on any atom is 0.264 e. The summed E-state index contributed by atoms with van der Waals surface area (Å²) in [7, 11) is 0. The van der Waals surface area contributed by atoms with Gasteiger partial charge in [0.05, 0.1) is 11.1 Å². The molecule has 0 fully saturated rings. The molecule has 0 aliphatic rings. The second-order valence-corrected chi connectivity index (χ2v) is 5.74. The molecule has 26 heavy (non-hydrogen) atoms. The van der Waals surface area contributed by atoms with Gasteiger partial charge in [0.15, 0.2) is 0 Å². The van der Waals surface area contributed by atoms with Crippen LogP contribution in [0.15, 0.2) is 49.3 Å². The Bertz CT molecular complexity index is 852. The maximum atomic E-state index is 13.0. The molecule has 134 valence electrons. The summed E-state index contributed by atoms with van der Waals surface area (Å²) in [5.74, 6) is -0.647. The maximum absolute atomic E-state index is 13.0. The third-order valence-electron chi connectivity index (χ3n) is 4.06. The van der Waals surface area contributed by atoms with Gasteiger partial charge in [0, 0.05) is 36.6 Å². The zero-order valence-electron chi connectivity index (χ0n) is 14.2. The second kappa shape index (κ2) is 7.85. The highest BCUT2D eigenvalue weighted by Crippen LogP contribution is 2.15. The van der Waals surface area contributed by atoms with Gasteiger partial charge in [-0.2, -0.15) is 0 Å². The molecule has 0 bridgehead atoms. The van der Waals surface area contributed by atoms with E-state index in [1.54, 1.807) is 36.7 Å². The van der Waals surface area contributed by atoms with Crippen LogP contribution >= 0.6 is 0 Å². The lowest BCUT2D eigenvalue weighted by atomic mass is 10.1. The number of hydrogen-bond acceptors (Lipinski definition) is 6. The predicted molar refractivity (Wildman–Crippen MR) is 95.9 cm³/mol. The van der Waals surface area contributed by atoms with E-state index in [0.717, 1.165) is 0 Å². The Morgan fingerprint density at radius 1 is 0.808 bits per heavy atom. The first kappa shape index (κ1) is 17.7. The fourth-order valence-corrected chi connectivity index (χ4v) is 2.79. The van der Waals surface area contributed by atoms with Gasteiger partial charge >= 0.3 is 0 Å². The van der Waals surface area contributed by atoms with Crippen molar-refractivity contribution in [2.75, 3.05) is 13.1 Å². The molecule has 0 aliphatic heterocycles. The number of carbonyl (C=O) groups is 2. The van der Waals surface area contributed by atoms with Crippen molar-refractivity contribution in [3.63, 3.8) is 0 Å². The van der Waals surface area contributed by atoms with Crippen LogP contribution in [0.2, 0.25) is 0 Å². The minimum Gasteiger partial charge on any atom is -0.330 e. The van der Waals surface area contributed by atoms with E-state index in [-0.39, 0.29) is 11.8 Å². The van der Waals surface area contributed by atoms with E-state index in [1.807, 2.05) is 0 Å². The summed E-state index contributed by atoms with van der Waals surface area (Å²) in [5, 5.41) is 0. The Morgan fingerprint density at radius 2 is 1.23 bits per heavy atom. The molecule has 1 aromatic carbocycles. The molecule has 3 aromatic rings. The van der Waals surface area contributed by atoms with Crippen molar-refractivity contribution >= 4 is 11.8 Å².